The van der Waals surface area contributed by atoms with Gasteiger partial charge < -0.3 is 30.2 Å². The summed E-state index contributed by atoms with van der Waals surface area (Å²) in [6.07, 6.45) is 0.118. The van der Waals surface area contributed by atoms with E-state index >= 15 is 0 Å². The SMILES string of the molecule is COC(=O)[C@H](C)NC(=O)[C@H](CCCCNC(=O)OC(C)(C)C)NC(=O)OC(C)(C)C. The van der Waals surface area contributed by atoms with Crippen molar-refractivity contribution in [2.75, 3.05) is 13.7 Å². The highest BCUT2D eigenvalue weighted by molar-refractivity contribution is 5.89. The van der Waals surface area contributed by atoms with Crippen molar-refractivity contribution in [1.29, 1.82) is 0 Å². The molecule has 0 fully saturated rings. The molecule has 0 aliphatic carbocycles. The van der Waals surface area contributed by atoms with Gasteiger partial charge in [0.05, 0.1) is 7.11 Å². The molecule has 10 nitrogen and oxygen atoms in total. The molecule has 0 aliphatic heterocycles. The van der Waals surface area contributed by atoms with E-state index in [2.05, 4.69) is 20.7 Å². The van der Waals surface area contributed by atoms with E-state index in [9.17, 15) is 19.2 Å². The lowest BCUT2D eigenvalue weighted by Crippen LogP contribution is -2.51. The minimum Gasteiger partial charge on any atom is -0.467 e. The number of methoxy groups -OCH3 is 1. The normalized spacial score (nSPS) is 13.5. The van der Waals surface area contributed by atoms with Crippen LogP contribution in [0.2, 0.25) is 0 Å². The number of hydrogen-bond donors (Lipinski definition) is 3. The van der Waals surface area contributed by atoms with Gasteiger partial charge in [-0.25, -0.2) is 14.4 Å². The van der Waals surface area contributed by atoms with Gasteiger partial charge >= 0.3 is 18.2 Å². The molecule has 0 aromatic rings. The zero-order valence-electron chi connectivity index (χ0n) is 19.3. The highest BCUT2D eigenvalue weighted by Gasteiger charge is 2.26. The average molecular weight is 432 g/mol. The largest absolute Gasteiger partial charge is 0.467 e. The Balaban J connectivity index is 4.72. The molecule has 3 N–H and O–H groups in total. The molecule has 174 valence electrons. The number of ether oxygens (including phenoxy) is 3. The number of amides is 3. The van der Waals surface area contributed by atoms with Crippen molar-refractivity contribution in [1.82, 2.24) is 16.0 Å². The quantitative estimate of drug-likeness (QED) is 0.290. The Labute approximate surface area is 178 Å². The maximum absolute atomic E-state index is 12.5. The zero-order valence-corrected chi connectivity index (χ0v) is 19.3. The summed E-state index contributed by atoms with van der Waals surface area (Å²) in [5, 5.41) is 7.67. The monoisotopic (exact) mass is 431 g/mol. The number of carbonyl (C=O) groups is 4. The molecule has 10 heteroatoms. The van der Waals surface area contributed by atoms with Crippen molar-refractivity contribution in [2.24, 2.45) is 0 Å². The third-order valence-corrected chi connectivity index (χ3v) is 3.51. The van der Waals surface area contributed by atoms with Crippen LogP contribution >= 0.6 is 0 Å². The Morgan fingerprint density at radius 3 is 1.87 bits per heavy atom. The lowest BCUT2D eigenvalue weighted by molar-refractivity contribution is -0.144. The van der Waals surface area contributed by atoms with Crippen molar-refractivity contribution in [2.45, 2.75) is 91.0 Å². The van der Waals surface area contributed by atoms with Crippen LogP contribution in [0.15, 0.2) is 0 Å². The summed E-state index contributed by atoms with van der Waals surface area (Å²) in [6, 6.07) is -1.77. The first-order chi connectivity index (χ1) is 13.6. The van der Waals surface area contributed by atoms with Crippen LogP contribution in [0.25, 0.3) is 0 Å². The fourth-order valence-electron chi connectivity index (χ4n) is 2.25. The first-order valence-electron chi connectivity index (χ1n) is 9.99. The van der Waals surface area contributed by atoms with Crippen LogP contribution in [0.1, 0.15) is 67.7 Å². The second-order valence-corrected chi connectivity index (χ2v) is 8.88. The van der Waals surface area contributed by atoms with Gasteiger partial charge in [0.25, 0.3) is 0 Å². The zero-order chi connectivity index (χ0) is 23.5. The molecule has 0 aliphatic rings. The summed E-state index contributed by atoms with van der Waals surface area (Å²) in [6.45, 7) is 12.3. The van der Waals surface area contributed by atoms with Crippen molar-refractivity contribution in [3.05, 3.63) is 0 Å². The van der Waals surface area contributed by atoms with E-state index in [-0.39, 0.29) is 6.42 Å². The number of hydrogen-bond acceptors (Lipinski definition) is 7. The number of esters is 1. The minimum atomic E-state index is -0.909. The van der Waals surface area contributed by atoms with Crippen LogP contribution in [0.5, 0.6) is 0 Å². The standard InChI is InChI=1S/C20H37N3O7/c1-13(16(25)28-8)22-15(24)14(23-18(27)30-20(5,6)7)11-9-10-12-21-17(26)29-19(2,3)4/h13-14H,9-12H2,1-8H3,(H,21,26)(H,22,24)(H,23,27)/t13-,14-/m0/s1. The van der Waals surface area contributed by atoms with E-state index in [0.717, 1.165) is 0 Å². The molecule has 0 unspecified atom stereocenters. The van der Waals surface area contributed by atoms with Crippen LogP contribution in [0.3, 0.4) is 0 Å². The molecule has 0 aromatic carbocycles. The first kappa shape index (κ1) is 27.5. The van der Waals surface area contributed by atoms with Crippen LogP contribution < -0.4 is 16.0 Å². The maximum Gasteiger partial charge on any atom is 0.408 e. The van der Waals surface area contributed by atoms with E-state index in [1.54, 1.807) is 41.5 Å². The molecule has 0 bridgehead atoms. The molecule has 30 heavy (non-hydrogen) atoms. The highest BCUT2D eigenvalue weighted by Crippen LogP contribution is 2.09. The number of unbranched alkanes of at least 4 members (excludes halogenated alkanes) is 1. The molecule has 3 amide bonds. The van der Waals surface area contributed by atoms with Gasteiger partial charge in [0.2, 0.25) is 5.91 Å². The number of rotatable bonds is 9. The van der Waals surface area contributed by atoms with Crippen molar-refractivity contribution in [3.63, 3.8) is 0 Å². The van der Waals surface area contributed by atoms with E-state index in [4.69, 9.17) is 9.47 Å². The smallest absolute Gasteiger partial charge is 0.408 e. The van der Waals surface area contributed by atoms with Gasteiger partial charge in [0.15, 0.2) is 0 Å². The van der Waals surface area contributed by atoms with Gasteiger partial charge in [-0.05, 0) is 67.7 Å². The Kier molecular flexibility index (Phi) is 11.2. The Morgan fingerprint density at radius 1 is 0.833 bits per heavy atom. The summed E-state index contributed by atoms with van der Waals surface area (Å²) in [5.74, 6) is -1.13. The Morgan fingerprint density at radius 2 is 1.37 bits per heavy atom. The van der Waals surface area contributed by atoms with E-state index in [1.165, 1.54) is 14.0 Å². The summed E-state index contributed by atoms with van der Waals surface area (Å²) in [7, 11) is 1.22. The highest BCUT2D eigenvalue weighted by atomic mass is 16.6. The molecular weight excluding hydrogens is 394 g/mol. The number of carbonyl (C=O) groups excluding carboxylic acids is 4. The second kappa shape index (κ2) is 12.2. The average Bonchev–Trinajstić information content (AvgIpc) is 2.56. The van der Waals surface area contributed by atoms with Crippen molar-refractivity contribution < 1.29 is 33.4 Å². The fourth-order valence-corrected chi connectivity index (χ4v) is 2.25. The van der Waals surface area contributed by atoms with Crippen LogP contribution in [-0.2, 0) is 23.8 Å². The minimum absolute atomic E-state index is 0.287. The third kappa shape index (κ3) is 13.6. The fraction of sp³-hybridized carbons (Fsp3) is 0.800. The predicted molar refractivity (Wildman–Crippen MR) is 111 cm³/mol. The first-order valence-corrected chi connectivity index (χ1v) is 9.99. The molecule has 2 atom stereocenters. The van der Waals surface area contributed by atoms with E-state index in [1.807, 2.05) is 0 Å². The summed E-state index contributed by atoms with van der Waals surface area (Å²) < 4.78 is 14.9. The molecule has 0 radical (unpaired) electrons. The Hall–Kier alpha value is -2.52. The van der Waals surface area contributed by atoms with Crippen LogP contribution in [0.4, 0.5) is 9.59 Å². The lowest BCUT2D eigenvalue weighted by atomic mass is 10.1. The second-order valence-electron chi connectivity index (χ2n) is 8.88. The third-order valence-electron chi connectivity index (χ3n) is 3.51. The molecular formula is C20H37N3O7. The lowest BCUT2D eigenvalue weighted by Gasteiger charge is -2.24. The van der Waals surface area contributed by atoms with Gasteiger partial charge in [0.1, 0.15) is 23.3 Å². The predicted octanol–water partition coefficient (Wildman–Crippen LogP) is 2.25. The summed E-state index contributed by atoms with van der Waals surface area (Å²) in [5.41, 5.74) is -1.30. The van der Waals surface area contributed by atoms with Crippen LogP contribution in [-0.4, -0.2) is 61.0 Å². The maximum atomic E-state index is 12.5. The van der Waals surface area contributed by atoms with Crippen molar-refractivity contribution >= 4 is 24.1 Å². The number of nitrogens with one attached hydrogen (secondary N) is 3. The number of alkyl carbamates (subject to hydrolysis) is 2. The van der Waals surface area contributed by atoms with Gasteiger partial charge in [-0.2, -0.15) is 0 Å². The molecule has 0 heterocycles. The summed E-state index contributed by atoms with van der Waals surface area (Å²) in [4.78, 5) is 47.8. The van der Waals surface area contributed by atoms with Gasteiger partial charge in [0, 0.05) is 6.54 Å². The molecule has 0 aromatic heterocycles. The molecule has 0 spiro atoms. The molecule has 0 saturated heterocycles. The van der Waals surface area contributed by atoms with Crippen LogP contribution in [0, 0.1) is 0 Å². The van der Waals surface area contributed by atoms with Gasteiger partial charge in [-0.15, -0.1) is 0 Å². The topological polar surface area (TPSA) is 132 Å². The van der Waals surface area contributed by atoms with E-state index in [0.29, 0.717) is 19.4 Å². The Bertz CT molecular complexity index is 594. The van der Waals surface area contributed by atoms with Gasteiger partial charge in [-0.3, -0.25) is 4.79 Å². The van der Waals surface area contributed by atoms with E-state index < -0.39 is 47.3 Å². The molecule has 0 rings (SSSR count). The van der Waals surface area contributed by atoms with Crippen molar-refractivity contribution in [3.8, 4) is 0 Å². The molecule has 0 saturated carbocycles. The summed E-state index contributed by atoms with van der Waals surface area (Å²) >= 11 is 0. The van der Waals surface area contributed by atoms with Gasteiger partial charge in [-0.1, -0.05) is 0 Å².